The Morgan fingerprint density at radius 2 is 0.628 bits per heavy atom. The summed E-state index contributed by atoms with van der Waals surface area (Å²) in [6, 6.07) is 50.3. The number of benzene rings is 8. The molecule has 0 aliphatic carbocycles. The number of carbonyl (C=O) groups is 8. The molecule has 16 rings (SSSR count). The number of rotatable bonds is 19. The molecule has 0 spiro atoms. The lowest BCUT2D eigenvalue weighted by Crippen LogP contribution is -2.42. The van der Waals surface area contributed by atoms with Gasteiger partial charge in [-0.25, -0.2) is 39.1 Å². The molecule has 560 valence electrons. The molecule has 4 atom stereocenters. The minimum absolute atomic E-state index is 0.0686. The van der Waals surface area contributed by atoms with Crippen LogP contribution < -0.4 is 42.5 Å². The van der Waals surface area contributed by atoms with E-state index in [1.165, 1.54) is 85.5 Å². The number of nitrogens with zero attached hydrogens (tertiary/aromatic N) is 11. The number of aromatic nitrogens is 8. The van der Waals surface area contributed by atoms with Crippen molar-refractivity contribution in [2.45, 2.75) is 24.2 Å². The van der Waals surface area contributed by atoms with E-state index in [-0.39, 0.29) is 62.9 Å². The molecule has 8 aromatic carbocycles. The van der Waals surface area contributed by atoms with Crippen molar-refractivity contribution in [1.82, 2.24) is 80.7 Å². The van der Waals surface area contributed by atoms with E-state index < -0.39 is 57.0 Å². The molecule has 33 nitrogen and oxygen atoms in total. The van der Waals surface area contributed by atoms with Gasteiger partial charge in [-0.3, -0.25) is 49.5 Å². The third-order valence-corrected chi connectivity index (χ3v) is 18.0. The van der Waals surface area contributed by atoms with Gasteiger partial charge < -0.3 is 60.8 Å². The second-order valence-electron chi connectivity index (χ2n) is 24.9. The van der Waals surface area contributed by atoms with E-state index in [0.717, 1.165) is 28.3 Å². The lowest BCUT2D eigenvalue weighted by Gasteiger charge is -2.25. The topological polar surface area (TPSA) is 433 Å². The van der Waals surface area contributed by atoms with Crippen LogP contribution >= 0.6 is 0 Å². The fraction of sp³-hybridized carbons (Fsp3) is 0.0500. The van der Waals surface area contributed by atoms with Crippen LogP contribution in [0.25, 0.3) is 22.7 Å². The van der Waals surface area contributed by atoms with Crippen LogP contribution in [0.1, 0.15) is 87.9 Å². The fourth-order valence-corrected chi connectivity index (χ4v) is 12.3. The van der Waals surface area contributed by atoms with Gasteiger partial charge in [0.2, 0.25) is 0 Å². The molecule has 8 N–H and O–H groups in total. The summed E-state index contributed by atoms with van der Waals surface area (Å²) in [6.07, 6.45) is 26.0. The quantitative estimate of drug-likeness (QED) is 0.0212. The molecule has 0 bridgehead atoms. The molecule has 4 unspecified atom stereocenters. The monoisotopic (exact) mass is 1510 g/mol. The number of nitro groups is 3. The van der Waals surface area contributed by atoms with Crippen molar-refractivity contribution in [2.24, 2.45) is 0 Å². The number of ketones is 4. The van der Waals surface area contributed by atoms with Crippen LogP contribution in [0.5, 0.6) is 0 Å². The van der Waals surface area contributed by atoms with E-state index >= 15 is 0 Å². The Labute approximate surface area is 639 Å². The highest BCUT2D eigenvalue weighted by molar-refractivity contribution is 6.13. The van der Waals surface area contributed by atoms with Crippen LogP contribution in [0.4, 0.5) is 36.2 Å². The lowest BCUT2D eigenvalue weighted by atomic mass is 9.91. The van der Waals surface area contributed by atoms with Crippen LogP contribution in [0.15, 0.2) is 322 Å². The highest BCUT2D eigenvalue weighted by Crippen LogP contribution is 2.35. The average molecular weight is 1510 g/mol. The van der Waals surface area contributed by atoms with Crippen LogP contribution in [-0.4, -0.2) is 100 Å². The van der Waals surface area contributed by atoms with Crippen molar-refractivity contribution in [2.75, 3.05) is 0 Å². The van der Waals surface area contributed by atoms with Crippen LogP contribution in [0.3, 0.4) is 0 Å². The van der Waals surface area contributed by atoms with Gasteiger partial charge >= 0.3 is 24.1 Å². The Morgan fingerprint density at radius 3 is 0.965 bits per heavy atom. The van der Waals surface area contributed by atoms with E-state index in [2.05, 4.69) is 62.5 Å². The summed E-state index contributed by atoms with van der Waals surface area (Å²) < 4.78 is 7.28. The summed E-state index contributed by atoms with van der Waals surface area (Å²) in [4.78, 5) is 147. The Hall–Kier alpha value is -16.5. The predicted octanol–water partition coefficient (Wildman–Crippen LogP) is 11.7. The Morgan fingerprint density at radius 1 is 0.319 bits per heavy atom. The number of para-hydroxylation sites is 1. The maximum absolute atomic E-state index is 13.1. The highest BCUT2D eigenvalue weighted by atomic mass is 16.6. The first-order valence-corrected chi connectivity index (χ1v) is 34.2. The maximum atomic E-state index is 13.1. The summed E-state index contributed by atoms with van der Waals surface area (Å²) in [5.41, 5.74) is 8.33. The van der Waals surface area contributed by atoms with Crippen molar-refractivity contribution in [3.63, 3.8) is 0 Å². The highest BCUT2D eigenvalue weighted by Gasteiger charge is 2.35. The van der Waals surface area contributed by atoms with Crippen LogP contribution in [0, 0.1) is 30.3 Å². The first-order chi connectivity index (χ1) is 54.8. The largest absolute Gasteiger partial charge is 0.327 e. The van der Waals surface area contributed by atoms with Crippen molar-refractivity contribution in [3.8, 4) is 22.7 Å². The van der Waals surface area contributed by atoms with E-state index in [1.54, 1.807) is 170 Å². The minimum atomic E-state index is -0.939. The van der Waals surface area contributed by atoms with Gasteiger partial charge in [-0.05, 0) is 132 Å². The molecule has 4 aliphatic rings. The van der Waals surface area contributed by atoms with Gasteiger partial charge in [-0.1, -0.05) is 54.6 Å². The van der Waals surface area contributed by atoms with E-state index in [4.69, 9.17) is 0 Å². The number of nitrogens with one attached hydrogen (secondary N) is 8. The van der Waals surface area contributed by atoms with Crippen molar-refractivity contribution < 1.29 is 53.1 Å². The average Bonchev–Trinajstić information content (AvgIpc) is 1.19. The zero-order chi connectivity index (χ0) is 79.1. The third kappa shape index (κ3) is 17.5. The van der Waals surface area contributed by atoms with Gasteiger partial charge in [-0.2, -0.15) is 0 Å². The number of nitro benzene ring substituents is 3. The van der Waals surface area contributed by atoms with Gasteiger partial charge in [0.05, 0.1) is 69.8 Å². The zero-order valence-electron chi connectivity index (χ0n) is 58.7. The Balaban J connectivity index is 0.000000132. The summed E-state index contributed by atoms with van der Waals surface area (Å²) in [5.74, 6) is -1.05. The predicted molar refractivity (Wildman–Crippen MR) is 407 cm³/mol. The van der Waals surface area contributed by atoms with E-state index in [9.17, 15) is 68.7 Å². The van der Waals surface area contributed by atoms with Crippen molar-refractivity contribution in [1.29, 1.82) is 0 Å². The van der Waals surface area contributed by atoms with Crippen LogP contribution in [-0.2, 0) is 0 Å². The summed E-state index contributed by atoms with van der Waals surface area (Å²) in [7, 11) is 0. The number of Topliss-reactive ketones (excluding diaryl/α,β-unsaturated/α-hetero) is 4. The number of non-ortho nitro benzene ring substituents is 2. The molecule has 12 aromatic rings. The SMILES string of the molecule is O=C1NC=C(C(=O)c2ccc(-n3ccnc3)cc2)C(c2ccc([N+](=O)[O-])cc2)N1.O=C1NC=C(C(=O)c2ccc(-n3ccnc3)cc2)C(c2cccc([N+](=O)[O-])c2)N1.O=C1NC=C(C(=O)c2ccc(-n3ccnc3)cc2)C(c2ccccc2)N1.O=C1NC=C(C(=O)c2ccc(-n3ccnc3)cc2)C(c2ccccc2[N+](=O)[O-])N1. The molecular formula is C80H61N19O14. The van der Waals surface area contributed by atoms with Gasteiger partial charge in [-0.15, -0.1) is 0 Å². The van der Waals surface area contributed by atoms with Gasteiger partial charge in [0, 0.05) is 172 Å². The lowest BCUT2D eigenvalue weighted by molar-refractivity contribution is -0.385. The van der Waals surface area contributed by atoms with Gasteiger partial charge in [0.25, 0.3) is 17.1 Å². The number of carbonyl (C=O) groups excluding carboxylic acids is 8. The molecule has 0 fully saturated rings. The molecular weight excluding hydrogens is 1450 g/mol. The van der Waals surface area contributed by atoms with Crippen molar-refractivity contribution >= 4 is 64.3 Å². The number of urea groups is 4. The van der Waals surface area contributed by atoms with Crippen molar-refractivity contribution in [3.05, 3.63) is 397 Å². The molecule has 4 aromatic heterocycles. The molecule has 0 radical (unpaired) electrons. The summed E-state index contributed by atoms with van der Waals surface area (Å²) >= 11 is 0. The first-order valence-electron chi connectivity index (χ1n) is 34.2. The molecule has 33 heteroatoms. The smallest absolute Gasteiger partial charge is 0.319 e. The maximum Gasteiger partial charge on any atom is 0.319 e. The minimum Gasteiger partial charge on any atom is -0.327 e. The standard InChI is InChI=1S/3C20H15N5O4.C20H16N4O2/c26-19(14-3-5-15(6-4-14)24-10-9-21-12-24)17-11-22-20(27)23-18(17)13-1-7-16(8-2-13)25(28)29;26-19(13-4-6-15(7-5-13)24-9-8-21-12-24)17-11-22-20(27)23-18(17)14-2-1-3-16(10-14)25(28)29;26-19(13-5-7-14(8-6-13)24-10-9-21-12-24)16-11-22-20(27)23-18(16)15-3-1-2-4-17(15)25(28)29;25-19(15-6-8-16(9-7-15)24-11-10-21-13-24)17-12-22-20(26)23-18(17)14-4-2-1-3-5-14/h3*1-12,18H,(H2,22,23,27);1-13,18H,(H2,22,23,26). The molecule has 4 aliphatic heterocycles. The summed E-state index contributed by atoms with van der Waals surface area (Å²) in [6.45, 7) is 0. The Bertz CT molecular complexity index is 5720. The molecule has 0 saturated heterocycles. The zero-order valence-corrected chi connectivity index (χ0v) is 58.7. The third-order valence-electron chi connectivity index (χ3n) is 18.0. The second kappa shape index (κ2) is 34.0. The van der Waals surface area contributed by atoms with E-state index in [0.29, 0.717) is 44.5 Å². The Kier molecular flexibility index (Phi) is 22.5. The molecule has 113 heavy (non-hydrogen) atoms. The number of hydrogen-bond acceptors (Lipinski definition) is 18. The molecule has 8 amide bonds. The van der Waals surface area contributed by atoms with E-state index in [1.807, 2.05) is 62.4 Å². The number of amides is 8. The normalized spacial score (nSPS) is 15.9. The van der Waals surface area contributed by atoms with Gasteiger partial charge in [0.15, 0.2) is 23.1 Å². The fourth-order valence-electron chi connectivity index (χ4n) is 12.3. The molecule has 8 heterocycles. The molecule has 0 saturated carbocycles. The number of imidazole rings is 4. The second-order valence-corrected chi connectivity index (χ2v) is 24.9. The van der Waals surface area contributed by atoms with Crippen LogP contribution in [0.2, 0.25) is 0 Å². The first kappa shape index (κ1) is 74.8. The number of hydrogen-bond donors (Lipinski definition) is 8. The van der Waals surface area contributed by atoms with Gasteiger partial charge in [0.1, 0.15) is 0 Å². The summed E-state index contributed by atoms with van der Waals surface area (Å²) in [5, 5.41) is 54.1.